The number of rotatable bonds is 5. The van der Waals surface area contributed by atoms with Gasteiger partial charge in [0.1, 0.15) is 0 Å². The number of benzene rings is 3. The van der Waals surface area contributed by atoms with Gasteiger partial charge in [-0.15, -0.1) is 0 Å². The van der Waals surface area contributed by atoms with Crippen LogP contribution in [0.25, 0.3) is 0 Å². The molecule has 0 aliphatic carbocycles. The SMILES string of the molecule is Cc1ccc(P(=[Se])(N[C@H](C)c2ccccc2)c2ccccc2)cc1. The Hall–Kier alpha value is -1.43. The molecule has 0 saturated heterocycles. The second-order valence-electron chi connectivity index (χ2n) is 6.04. The number of hydrogen-bond donors (Lipinski definition) is 1. The van der Waals surface area contributed by atoms with Crippen molar-refractivity contribution in [2.75, 3.05) is 0 Å². The van der Waals surface area contributed by atoms with Gasteiger partial charge in [0.25, 0.3) is 0 Å². The van der Waals surface area contributed by atoms with E-state index in [-0.39, 0.29) is 6.04 Å². The fraction of sp³-hybridized carbons (Fsp3) is 0.143. The molecule has 0 amide bonds. The summed E-state index contributed by atoms with van der Waals surface area (Å²) in [5, 5.41) is 6.58. The quantitative estimate of drug-likeness (QED) is 0.499. The molecule has 3 aromatic carbocycles. The Kier molecular flexibility index (Phi) is 5.53. The summed E-state index contributed by atoms with van der Waals surface area (Å²) in [6.07, 6.45) is 0. The molecule has 0 saturated carbocycles. The van der Waals surface area contributed by atoms with Crippen LogP contribution in [-0.4, -0.2) is 15.1 Å². The summed E-state index contributed by atoms with van der Waals surface area (Å²) in [4.78, 5) is 0. The van der Waals surface area contributed by atoms with Gasteiger partial charge in [0.05, 0.1) is 0 Å². The molecule has 0 aromatic heterocycles. The summed E-state index contributed by atoms with van der Waals surface area (Å²) in [7, 11) is 0. The first kappa shape index (κ1) is 17.4. The fourth-order valence-electron chi connectivity index (χ4n) is 2.78. The van der Waals surface area contributed by atoms with Crippen LogP contribution in [0.2, 0.25) is 0 Å². The zero-order chi connectivity index (χ0) is 17.0. The summed E-state index contributed by atoms with van der Waals surface area (Å²) in [6.45, 7) is 4.37. The standard InChI is InChI=1S/C21H22NPSe/c1-17-13-15-21(16-14-17)23(24,20-11-7-4-8-12-20)22-18(2)19-9-5-3-6-10-19/h3-16,18H,1-2H3,(H,22,24)/t18-,23?/m1/s1. The van der Waals surface area contributed by atoms with E-state index in [2.05, 4.69) is 119 Å². The minimum absolute atomic E-state index is 0.266. The average molecular weight is 398 g/mol. The Morgan fingerprint density at radius 3 is 1.83 bits per heavy atom. The van der Waals surface area contributed by atoms with Gasteiger partial charge in [-0.3, -0.25) is 0 Å². The molecule has 0 bridgehead atoms. The van der Waals surface area contributed by atoms with E-state index >= 15 is 0 Å². The van der Waals surface area contributed by atoms with Crippen molar-refractivity contribution in [3.05, 3.63) is 96.1 Å². The van der Waals surface area contributed by atoms with Gasteiger partial charge in [-0.25, -0.2) is 0 Å². The summed E-state index contributed by atoms with van der Waals surface area (Å²) in [5.74, 6) is 0. The van der Waals surface area contributed by atoms with E-state index in [0.717, 1.165) is 0 Å². The van der Waals surface area contributed by atoms with Crippen LogP contribution in [0, 0.1) is 6.92 Å². The van der Waals surface area contributed by atoms with Crippen molar-refractivity contribution >= 4 is 31.4 Å². The van der Waals surface area contributed by atoms with E-state index in [1.165, 1.54) is 21.7 Å². The molecule has 2 atom stereocenters. The first-order valence-electron chi connectivity index (χ1n) is 8.15. The summed E-state index contributed by atoms with van der Waals surface area (Å²) < 4.78 is 0. The van der Waals surface area contributed by atoms with Crippen LogP contribution in [0.4, 0.5) is 0 Å². The zero-order valence-corrected chi connectivity index (χ0v) is 16.6. The molecule has 0 fully saturated rings. The van der Waals surface area contributed by atoms with E-state index in [1.807, 2.05) is 0 Å². The van der Waals surface area contributed by atoms with Gasteiger partial charge in [0.2, 0.25) is 0 Å². The van der Waals surface area contributed by atoms with Crippen LogP contribution in [0.15, 0.2) is 84.9 Å². The first-order chi connectivity index (χ1) is 11.6. The van der Waals surface area contributed by atoms with Crippen LogP contribution in [0.3, 0.4) is 0 Å². The molecular weight excluding hydrogens is 376 g/mol. The predicted molar refractivity (Wildman–Crippen MR) is 108 cm³/mol. The second-order valence-corrected chi connectivity index (χ2v) is 12.0. The van der Waals surface area contributed by atoms with Crippen molar-refractivity contribution < 1.29 is 0 Å². The van der Waals surface area contributed by atoms with Crippen molar-refractivity contribution in [3.63, 3.8) is 0 Å². The average Bonchev–Trinajstić information content (AvgIpc) is 2.63. The molecule has 1 nitrogen and oxygen atoms in total. The van der Waals surface area contributed by atoms with Crippen LogP contribution in [0.5, 0.6) is 0 Å². The predicted octanol–water partition coefficient (Wildman–Crippen LogP) is 4.31. The van der Waals surface area contributed by atoms with Crippen molar-refractivity contribution in [1.29, 1.82) is 0 Å². The van der Waals surface area contributed by atoms with Gasteiger partial charge in [0.15, 0.2) is 0 Å². The molecule has 24 heavy (non-hydrogen) atoms. The molecule has 0 heterocycles. The Balaban J connectivity index is 2.03. The Labute approximate surface area is 152 Å². The van der Waals surface area contributed by atoms with E-state index in [4.69, 9.17) is 0 Å². The van der Waals surface area contributed by atoms with Gasteiger partial charge in [-0.1, -0.05) is 0 Å². The third-order valence-electron chi connectivity index (χ3n) is 4.19. The number of hydrogen-bond acceptors (Lipinski definition) is 1. The van der Waals surface area contributed by atoms with E-state index in [9.17, 15) is 0 Å². The summed E-state index contributed by atoms with van der Waals surface area (Å²) >= 11 is 3.54. The third kappa shape index (κ3) is 3.79. The maximum absolute atomic E-state index is 3.92. The molecule has 1 N–H and O–H groups in total. The third-order valence-corrected chi connectivity index (χ3v) is 10.3. The van der Waals surface area contributed by atoms with E-state index in [0.29, 0.717) is 0 Å². The van der Waals surface area contributed by atoms with E-state index < -0.39 is 5.66 Å². The number of nitrogens with one attached hydrogen (secondary N) is 1. The molecule has 0 aliphatic rings. The van der Waals surface area contributed by atoms with Crippen molar-refractivity contribution in [3.8, 4) is 0 Å². The van der Waals surface area contributed by atoms with Gasteiger partial charge in [0, 0.05) is 0 Å². The Morgan fingerprint density at radius 1 is 0.750 bits per heavy atom. The fourth-order valence-corrected chi connectivity index (χ4v) is 7.76. The van der Waals surface area contributed by atoms with Gasteiger partial charge < -0.3 is 0 Å². The molecule has 122 valence electrons. The van der Waals surface area contributed by atoms with Gasteiger partial charge >= 0.3 is 152 Å². The Morgan fingerprint density at radius 2 is 1.25 bits per heavy atom. The molecule has 3 aromatic rings. The topological polar surface area (TPSA) is 12.0 Å². The van der Waals surface area contributed by atoms with E-state index in [1.54, 1.807) is 0 Å². The van der Waals surface area contributed by atoms with Crippen LogP contribution >= 0.6 is 5.66 Å². The minimum atomic E-state index is -1.79. The van der Waals surface area contributed by atoms with Gasteiger partial charge in [-0.2, -0.15) is 0 Å². The van der Waals surface area contributed by atoms with Crippen LogP contribution < -0.4 is 15.7 Å². The summed E-state index contributed by atoms with van der Waals surface area (Å²) in [6, 6.07) is 30.5. The molecule has 0 aliphatic heterocycles. The van der Waals surface area contributed by atoms with Crippen molar-refractivity contribution in [1.82, 2.24) is 5.09 Å². The zero-order valence-electron chi connectivity index (χ0n) is 14.0. The Bertz CT molecular complexity index is 829. The molecule has 0 spiro atoms. The van der Waals surface area contributed by atoms with Crippen molar-refractivity contribution in [2.24, 2.45) is 0 Å². The molecule has 3 rings (SSSR count). The molecule has 1 unspecified atom stereocenters. The van der Waals surface area contributed by atoms with Crippen LogP contribution in [-0.2, 0) is 0 Å². The van der Waals surface area contributed by atoms with Crippen LogP contribution in [0.1, 0.15) is 24.1 Å². The molecular formula is C21H22NPSe. The maximum atomic E-state index is 3.92. The summed E-state index contributed by atoms with van der Waals surface area (Å²) in [5.41, 5.74) is 0.802. The van der Waals surface area contributed by atoms with Gasteiger partial charge in [-0.05, 0) is 0 Å². The monoisotopic (exact) mass is 399 g/mol. The first-order valence-corrected chi connectivity index (χ1v) is 12.2. The van der Waals surface area contributed by atoms with Crippen molar-refractivity contribution in [2.45, 2.75) is 19.9 Å². The number of aryl methyl sites for hydroxylation is 1. The molecule has 0 radical (unpaired) electrons. The second kappa shape index (κ2) is 7.64. The molecule has 3 heteroatoms. The normalized spacial score (nSPS) is 14.8.